The number of carbonyl (C=O) groups excluding carboxylic acids is 2. The smallest absolute Gasteiger partial charge is 0.336 e. The van der Waals surface area contributed by atoms with Crippen LogP contribution in [-0.2, 0) is 25.5 Å². The van der Waals surface area contributed by atoms with Gasteiger partial charge in [0.1, 0.15) is 5.67 Å². The van der Waals surface area contributed by atoms with Crippen molar-refractivity contribution < 1.29 is 33.0 Å². The molecule has 3 heterocycles. The SMILES string of the molecule is C[C@]12Cc3cnn(-c4ccc(F)nc4)c3C=C1CC[C@H]1[C@@H]3CC[C@](OC(=O)[C@H]4CCCO4)(C(=O)S)[C@@]3(C)C[C@H](O)[C@@]12F. The molecule has 0 spiro atoms. The molecule has 4 aliphatic carbocycles. The fraction of sp³-hybridized carbons (Fsp3) is 0.613. The lowest BCUT2D eigenvalue weighted by Crippen LogP contribution is -2.70. The van der Waals surface area contributed by atoms with Gasteiger partial charge in [0.2, 0.25) is 11.1 Å². The fourth-order valence-corrected chi connectivity index (χ4v) is 9.72. The highest BCUT2D eigenvalue weighted by Crippen LogP contribution is 2.71. The largest absolute Gasteiger partial charge is 0.448 e. The summed E-state index contributed by atoms with van der Waals surface area (Å²) in [5, 5.41) is 15.8. The van der Waals surface area contributed by atoms with Crippen LogP contribution in [0.1, 0.15) is 70.1 Å². The standard InChI is InChI=1S/C31H35F2N3O5S/c1-28-13-17-15-35-36(19-6-8-25(32)34-16-19)22(17)12-18(28)5-7-21-20-9-10-30(27(39)42,41-26(38)23-4-3-11-40-23)29(20,2)14-24(37)31(21,28)33/h6,8,12,15-16,20-21,23-24,37H,3-5,7,9-11,13-14H2,1-2H3,(H,39,42)/t20-,21-,23+,24-,28-,29-,30-,31-/m0/s1. The number of pyridine rings is 1. The molecular weight excluding hydrogens is 564 g/mol. The summed E-state index contributed by atoms with van der Waals surface area (Å²) in [5.41, 5.74) is -2.41. The minimum absolute atomic E-state index is 0.0357. The maximum Gasteiger partial charge on any atom is 0.336 e. The van der Waals surface area contributed by atoms with Crippen molar-refractivity contribution >= 4 is 29.8 Å². The van der Waals surface area contributed by atoms with Gasteiger partial charge in [0.25, 0.3) is 0 Å². The summed E-state index contributed by atoms with van der Waals surface area (Å²) in [5.74, 6) is -2.02. The third kappa shape index (κ3) is 3.59. The van der Waals surface area contributed by atoms with Crippen LogP contribution < -0.4 is 0 Å². The average molecular weight is 600 g/mol. The lowest BCUT2D eigenvalue weighted by molar-refractivity contribution is -0.230. The normalized spacial score (nSPS) is 40.4. The molecule has 0 radical (unpaired) electrons. The van der Waals surface area contributed by atoms with Crippen molar-refractivity contribution in [2.24, 2.45) is 22.7 Å². The summed E-state index contributed by atoms with van der Waals surface area (Å²) in [6.07, 6.45) is 6.32. The molecule has 1 aliphatic heterocycles. The van der Waals surface area contributed by atoms with Gasteiger partial charge in [-0.2, -0.15) is 9.49 Å². The molecule has 0 aromatic carbocycles. The van der Waals surface area contributed by atoms with Crippen LogP contribution in [0, 0.1) is 28.6 Å². The first-order valence-electron chi connectivity index (χ1n) is 14.8. The van der Waals surface area contributed by atoms with Gasteiger partial charge in [0, 0.05) is 23.4 Å². The van der Waals surface area contributed by atoms with Gasteiger partial charge in [-0.1, -0.05) is 19.4 Å². The second-order valence-corrected chi connectivity index (χ2v) is 13.6. The molecule has 7 rings (SSSR count). The predicted molar refractivity (Wildman–Crippen MR) is 151 cm³/mol. The first-order chi connectivity index (χ1) is 19.9. The molecule has 8 nitrogen and oxygen atoms in total. The molecular formula is C31H35F2N3O5S. The summed E-state index contributed by atoms with van der Waals surface area (Å²) < 4.78 is 44.7. The van der Waals surface area contributed by atoms with Gasteiger partial charge in [-0.15, -0.1) is 12.6 Å². The van der Waals surface area contributed by atoms with Crippen LogP contribution in [0.15, 0.2) is 30.1 Å². The van der Waals surface area contributed by atoms with Gasteiger partial charge in [-0.25, -0.2) is 18.9 Å². The highest BCUT2D eigenvalue weighted by Gasteiger charge is 2.75. The van der Waals surface area contributed by atoms with Gasteiger partial charge >= 0.3 is 5.97 Å². The number of esters is 1. The van der Waals surface area contributed by atoms with Gasteiger partial charge in [0.05, 0.1) is 29.9 Å². The number of hydrogen-bond acceptors (Lipinski definition) is 7. The lowest BCUT2D eigenvalue weighted by atomic mass is 9.44. The molecule has 0 unspecified atom stereocenters. The van der Waals surface area contributed by atoms with Gasteiger partial charge < -0.3 is 14.6 Å². The van der Waals surface area contributed by atoms with Crippen LogP contribution in [0.2, 0.25) is 0 Å². The second kappa shape index (κ2) is 9.43. The summed E-state index contributed by atoms with van der Waals surface area (Å²) in [7, 11) is 0. The van der Waals surface area contributed by atoms with Crippen LogP contribution in [0.5, 0.6) is 0 Å². The molecule has 0 bridgehead atoms. The van der Waals surface area contributed by atoms with Crippen LogP contribution >= 0.6 is 12.6 Å². The molecule has 1 N–H and O–H groups in total. The molecule has 11 heteroatoms. The molecule has 42 heavy (non-hydrogen) atoms. The molecule has 3 saturated carbocycles. The lowest BCUT2D eigenvalue weighted by Gasteiger charge is -2.63. The Morgan fingerprint density at radius 3 is 2.69 bits per heavy atom. The van der Waals surface area contributed by atoms with E-state index in [1.165, 1.54) is 12.3 Å². The summed E-state index contributed by atoms with van der Waals surface area (Å²) >= 11 is 4.22. The first-order valence-corrected chi connectivity index (χ1v) is 15.2. The Balaban J connectivity index is 1.24. The predicted octanol–water partition coefficient (Wildman–Crippen LogP) is 4.57. The van der Waals surface area contributed by atoms with Crippen molar-refractivity contribution in [1.82, 2.24) is 14.8 Å². The van der Waals surface area contributed by atoms with E-state index in [4.69, 9.17) is 9.47 Å². The van der Waals surface area contributed by atoms with Gasteiger partial charge in [-0.3, -0.25) is 4.79 Å². The third-order valence-electron chi connectivity index (χ3n) is 11.5. The minimum atomic E-state index is -1.98. The number of allylic oxidation sites excluding steroid dienone is 1. The molecule has 0 amide bonds. The number of nitrogens with zero attached hydrogens (tertiary/aromatic N) is 3. The number of thiol groups is 1. The van der Waals surface area contributed by atoms with E-state index < -0.39 is 57.3 Å². The number of ether oxygens (including phenoxy) is 2. The Bertz CT molecular complexity index is 1490. The van der Waals surface area contributed by atoms with E-state index in [9.17, 15) is 19.1 Å². The second-order valence-electron chi connectivity index (χ2n) is 13.2. The summed E-state index contributed by atoms with van der Waals surface area (Å²) in [6.45, 7) is 4.21. The van der Waals surface area contributed by atoms with Crippen LogP contribution in [0.3, 0.4) is 0 Å². The Morgan fingerprint density at radius 1 is 1.19 bits per heavy atom. The van der Waals surface area contributed by atoms with Crippen molar-refractivity contribution in [3.05, 3.63) is 47.3 Å². The van der Waals surface area contributed by atoms with Crippen molar-refractivity contribution in [3.8, 4) is 5.69 Å². The monoisotopic (exact) mass is 599 g/mol. The molecule has 8 atom stereocenters. The number of aliphatic hydroxyl groups excluding tert-OH is 1. The van der Waals surface area contributed by atoms with Crippen LogP contribution in [0.4, 0.5) is 8.78 Å². The number of rotatable bonds is 4. The Hall–Kier alpha value is -2.63. The third-order valence-corrected chi connectivity index (χ3v) is 11.8. The van der Waals surface area contributed by atoms with E-state index in [1.54, 1.807) is 16.9 Å². The van der Waals surface area contributed by atoms with Crippen molar-refractivity contribution in [2.75, 3.05) is 6.61 Å². The van der Waals surface area contributed by atoms with Gasteiger partial charge in [-0.05, 0) is 81.1 Å². The number of halogens is 2. The number of carbonyl (C=O) groups is 2. The molecule has 4 fully saturated rings. The summed E-state index contributed by atoms with van der Waals surface area (Å²) in [4.78, 5) is 30.1. The maximum atomic E-state index is 18.0. The van der Waals surface area contributed by atoms with Crippen LogP contribution in [-0.4, -0.2) is 61.0 Å². The van der Waals surface area contributed by atoms with E-state index in [2.05, 4.69) is 22.7 Å². The Kier molecular flexibility index (Phi) is 6.32. The molecule has 5 aliphatic rings. The summed E-state index contributed by atoms with van der Waals surface area (Å²) in [6, 6.07) is 2.87. The minimum Gasteiger partial charge on any atom is -0.448 e. The average Bonchev–Trinajstić information content (AvgIpc) is 3.68. The zero-order valence-electron chi connectivity index (χ0n) is 23.7. The first kappa shape index (κ1) is 28.2. The van der Waals surface area contributed by atoms with E-state index in [-0.39, 0.29) is 18.8 Å². The topological polar surface area (TPSA) is 104 Å². The Labute approximate surface area is 248 Å². The molecule has 2 aromatic heterocycles. The number of aromatic nitrogens is 3. The number of alkyl halides is 1. The van der Waals surface area contributed by atoms with E-state index >= 15 is 4.39 Å². The zero-order chi connectivity index (χ0) is 29.7. The molecule has 224 valence electrons. The molecule has 2 aromatic rings. The quantitative estimate of drug-likeness (QED) is 0.302. The van der Waals surface area contributed by atoms with E-state index in [0.29, 0.717) is 44.4 Å². The highest BCUT2D eigenvalue weighted by atomic mass is 32.1. The number of fused-ring (bicyclic) bond motifs is 6. The van der Waals surface area contributed by atoms with Crippen molar-refractivity contribution in [1.29, 1.82) is 0 Å². The van der Waals surface area contributed by atoms with Crippen molar-refractivity contribution in [2.45, 2.75) is 88.7 Å². The number of aliphatic hydroxyl groups is 1. The Morgan fingerprint density at radius 2 is 2.00 bits per heavy atom. The molecule has 1 saturated heterocycles. The van der Waals surface area contributed by atoms with E-state index in [1.807, 2.05) is 19.9 Å². The number of hydrogen-bond donors (Lipinski definition) is 2. The fourth-order valence-electron chi connectivity index (χ4n) is 9.31. The van der Waals surface area contributed by atoms with Crippen molar-refractivity contribution in [3.63, 3.8) is 0 Å². The maximum absolute atomic E-state index is 18.0. The highest BCUT2D eigenvalue weighted by molar-refractivity contribution is 7.96. The van der Waals surface area contributed by atoms with E-state index in [0.717, 1.165) is 23.3 Å². The van der Waals surface area contributed by atoms with Gasteiger partial charge in [0.15, 0.2) is 11.7 Å². The zero-order valence-corrected chi connectivity index (χ0v) is 24.6. The van der Waals surface area contributed by atoms with Crippen LogP contribution in [0.25, 0.3) is 11.8 Å².